The summed E-state index contributed by atoms with van der Waals surface area (Å²) in [7, 11) is 3.99. The third-order valence-corrected chi connectivity index (χ3v) is 3.45. The monoisotopic (exact) mass is 339 g/mol. The van der Waals surface area contributed by atoms with Gasteiger partial charge in [0.2, 0.25) is 0 Å². The molecular formula is C17H22ClNO4. The minimum Gasteiger partial charge on any atom is -0.489 e. The minimum absolute atomic E-state index is 0. The van der Waals surface area contributed by atoms with Crippen molar-refractivity contribution in [2.24, 2.45) is 0 Å². The second kappa shape index (κ2) is 8.13. The molecular weight excluding hydrogens is 318 g/mol. The molecule has 0 spiro atoms. The van der Waals surface area contributed by atoms with Crippen molar-refractivity contribution < 1.29 is 18.7 Å². The Morgan fingerprint density at radius 1 is 1.17 bits per heavy atom. The van der Waals surface area contributed by atoms with Crippen molar-refractivity contribution >= 4 is 34.9 Å². The summed E-state index contributed by atoms with van der Waals surface area (Å²) in [5.41, 5.74) is 1.33. The molecule has 1 aromatic carbocycles. The van der Waals surface area contributed by atoms with Crippen molar-refractivity contribution in [1.29, 1.82) is 0 Å². The van der Waals surface area contributed by atoms with Crippen LogP contribution in [0.15, 0.2) is 22.8 Å². The van der Waals surface area contributed by atoms with Crippen LogP contribution < -0.4 is 4.74 Å². The zero-order chi connectivity index (χ0) is 16.3. The molecule has 0 amide bonds. The predicted octanol–water partition coefficient (Wildman–Crippen LogP) is 3.59. The Labute approximate surface area is 142 Å². The number of nitrogens with zero attached hydrogens (tertiary/aromatic N) is 1. The highest BCUT2D eigenvalue weighted by Gasteiger charge is 2.20. The summed E-state index contributed by atoms with van der Waals surface area (Å²) < 4.78 is 11.3. The van der Waals surface area contributed by atoms with Gasteiger partial charge in [0.25, 0.3) is 0 Å². The van der Waals surface area contributed by atoms with E-state index in [0.717, 1.165) is 13.0 Å². The number of hydrogen-bond donors (Lipinski definition) is 0. The number of fused-ring (bicyclic) bond motifs is 1. The van der Waals surface area contributed by atoms with Gasteiger partial charge in [-0.2, -0.15) is 0 Å². The molecule has 0 N–H and O–H groups in total. The molecule has 126 valence electrons. The Balaban J connectivity index is 0.00000264. The minimum atomic E-state index is -0.150. The van der Waals surface area contributed by atoms with Gasteiger partial charge in [0.05, 0.1) is 18.4 Å². The molecule has 0 saturated heterocycles. The summed E-state index contributed by atoms with van der Waals surface area (Å²) in [5, 5.41) is 0.681. The zero-order valence-electron chi connectivity index (χ0n) is 13.8. The molecule has 0 atom stereocenters. The van der Waals surface area contributed by atoms with E-state index in [2.05, 4.69) is 4.90 Å². The van der Waals surface area contributed by atoms with Crippen LogP contribution in [0, 0.1) is 0 Å². The Morgan fingerprint density at radius 3 is 2.39 bits per heavy atom. The molecule has 0 aliphatic carbocycles. The van der Waals surface area contributed by atoms with Crippen molar-refractivity contribution in [3.05, 3.63) is 29.5 Å². The fourth-order valence-corrected chi connectivity index (χ4v) is 2.36. The molecule has 0 radical (unpaired) electrons. The lowest BCUT2D eigenvalue weighted by atomic mass is 10.0. The van der Waals surface area contributed by atoms with Crippen LogP contribution in [0.1, 0.15) is 41.0 Å². The van der Waals surface area contributed by atoms with Crippen LogP contribution in [0.3, 0.4) is 0 Å². The summed E-state index contributed by atoms with van der Waals surface area (Å²) in [6, 6.07) is 3.33. The lowest BCUT2D eigenvalue weighted by molar-refractivity contribution is 0.101. The van der Waals surface area contributed by atoms with Crippen molar-refractivity contribution in [3.63, 3.8) is 0 Å². The van der Waals surface area contributed by atoms with Crippen LogP contribution in [0.25, 0.3) is 11.0 Å². The van der Waals surface area contributed by atoms with Crippen molar-refractivity contribution in [2.45, 2.75) is 20.3 Å². The summed E-state index contributed by atoms with van der Waals surface area (Å²) in [4.78, 5) is 25.8. The molecule has 2 aromatic rings. The van der Waals surface area contributed by atoms with Crippen LogP contribution in [0.2, 0.25) is 0 Å². The number of ketones is 2. The number of ether oxygens (including phenoxy) is 1. The molecule has 0 saturated carbocycles. The highest BCUT2D eigenvalue weighted by Crippen LogP contribution is 2.34. The van der Waals surface area contributed by atoms with E-state index in [0.29, 0.717) is 34.5 Å². The summed E-state index contributed by atoms with van der Waals surface area (Å²) in [5.74, 6) is 0.174. The first-order valence-electron chi connectivity index (χ1n) is 7.25. The number of carbonyl (C=O) groups is 2. The summed E-state index contributed by atoms with van der Waals surface area (Å²) >= 11 is 0. The third-order valence-electron chi connectivity index (χ3n) is 3.45. The maximum atomic E-state index is 11.9. The second-order valence-electron chi connectivity index (χ2n) is 5.58. The Kier molecular flexibility index (Phi) is 6.79. The number of hydrogen-bond acceptors (Lipinski definition) is 5. The molecule has 5 nitrogen and oxygen atoms in total. The first-order valence-corrected chi connectivity index (χ1v) is 7.25. The number of carbonyl (C=O) groups excluding carboxylic acids is 2. The number of rotatable bonds is 7. The summed E-state index contributed by atoms with van der Waals surface area (Å²) in [6.07, 6.45) is 2.34. The maximum Gasteiger partial charge on any atom is 0.177 e. The van der Waals surface area contributed by atoms with E-state index in [1.165, 1.54) is 20.1 Å². The molecule has 2 rings (SSSR count). The number of benzene rings is 1. The smallest absolute Gasteiger partial charge is 0.177 e. The normalized spacial score (nSPS) is 10.7. The molecule has 0 aliphatic rings. The maximum absolute atomic E-state index is 11.9. The first kappa shape index (κ1) is 19.2. The molecule has 23 heavy (non-hydrogen) atoms. The van der Waals surface area contributed by atoms with Gasteiger partial charge in [-0.05, 0) is 46.5 Å². The number of Topliss-reactive ketones (excluding diaryl/α,β-unsaturated/α-hetero) is 2. The van der Waals surface area contributed by atoms with E-state index in [1.807, 2.05) is 14.1 Å². The average molecular weight is 340 g/mol. The van der Waals surface area contributed by atoms with E-state index in [-0.39, 0.29) is 24.0 Å². The van der Waals surface area contributed by atoms with Crippen molar-refractivity contribution in [2.75, 3.05) is 27.2 Å². The Bertz CT molecular complexity index is 706. The summed E-state index contributed by atoms with van der Waals surface area (Å²) in [6.45, 7) is 4.31. The molecule has 0 unspecified atom stereocenters. The molecule has 0 aliphatic heterocycles. The SMILES string of the molecule is CC(=O)c1cc(C(C)=O)c2ccoc2c1OCCCN(C)C.Cl. The van der Waals surface area contributed by atoms with E-state index in [4.69, 9.17) is 9.15 Å². The fourth-order valence-electron chi connectivity index (χ4n) is 2.36. The van der Waals surface area contributed by atoms with Crippen LogP contribution in [0.5, 0.6) is 5.75 Å². The van der Waals surface area contributed by atoms with Gasteiger partial charge < -0.3 is 14.1 Å². The standard InChI is InChI=1S/C17H21NO4.ClH/c1-11(19)14-10-15(12(2)20)17(16-13(14)6-9-22-16)21-8-5-7-18(3)4;/h6,9-10H,5,7-8H2,1-4H3;1H. The van der Waals surface area contributed by atoms with Gasteiger partial charge in [0, 0.05) is 17.5 Å². The van der Waals surface area contributed by atoms with Gasteiger partial charge in [-0.15, -0.1) is 12.4 Å². The topological polar surface area (TPSA) is 59.8 Å². The molecule has 0 fully saturated rings. The Hall–Kier alpha value is -1.85. The van der Waals surface area contributed by atoms with Crippen LogP contribution in [-0.4, -0.2) is 43.7 Å². The van der Waals surface area contributed by atoms with Gasteiger partial charge in [0.1, 0.15) is 0 Å². The van der Waals surface area contributed by atoms with Crippen LogP contribution in [-0.2, 0) is 0 Å². The van der Waals surface area contributed by atoms with Gasteiger partial charge in [-0.25, -0.2) is 0 Å². The number of furan rings is 1. The second-order valence-corrected chi connectivity index (χ2v) is 5.58. The average Bonchev–Trinajstić information content (AvgIpc) is 2.91. The lowest BCUT2D eigenvalue weighted by Crippen LogP contribution is -2.16. The Morgan fingerprint density at radius 2 is 1.83 bits per heavy atom. The largest absolute Gasteiger partial charge is 0.489 e. The quantitative estimate of drug-likeness (QED) is 0.570. The van der Waals surface area contributed by atoms with E-state index < -0.39 is 0 Å². The third kappa shape index (κ3) is 4.33. The number of halogens is 1. The highest BCUT2D eigenvalue weighted by molar-refractivity contribution is 6.12. The van der Waals surface area contributed by atoms with Crippen LogP contribution in [0.4, 0.5) is 0 Å². The van der Waals surface area contributed by atoms with Crippen LogP contribution >= 0.6 is 12.4 Å². The van der Waals surface area contributed by atoms with Gasteiger partial charge >= 0.3 is 0 Å². The highest BCUT2D eigenvalue weighted by atomic mass is 35.5. The van der Waals surface area contributed by atoms with Gasteiger partial charge in [-0.1, -0.05) is 0 Å². The zero-order valence-corrected chi connectivity index (χ0v) is 14.7. The molecule has 0 bridgehead atoms. The van der Waals surface area contributed by atoms with E-state index in [1.54, 1.807) is 12.1 Å². The van der Waals surface area contributed by atoms with Crippen molar-refractivity contribution in [3.8, 4) is 5.75 Å². The van der Waals surface area contributed by atoms with Gasteiger partial charge in [-0.3, -0.25) is 9.59 Å². The lowest BCUT2D eigenvalue weighted by Gasteiger charge is -2.13. The fraction of sp³-hybridized carbons (Fsp3) is 0.412. The van der Waals surface area contributed by atoms with Gasteiger partial charge in [0.15, 0.2) is 22.9 Å². The molecule has 1 aromatic heterocycles. The molecule has 1 heterocycles. The van der Waals surface area contributed by atoms with Crippen molar-refractivity contribution in [1.82, 2.24) is 4.90 Å². The van der Waals surface area contributed by atoms with E-state index in [9.17, 15) is 9.59 Å². The molecule has 6 heteroatoms. The first-order chi connectivity index (χ1) is 10.4. The predicted molar refractivity (Wildman–Crippen MR) is 92.1 cm³/mol. The van der Waals surface area contributed by atoms with E-state index >= 15 is 0 Å².